The molecule has 0 radical (unpaired) electrons. The van der Waals surface area contributed by atoms with E-state index in [4.69, 9.17) is 5.73 Å². The molecule has 0 spiro atoms. The highest BCUT2D eigenvalue weighted by molar-refractivity contribution is 5.97. The zero-order valence-corrected chi connectivity index (χ0v) is 14.6. The van der Waals surface area contributed by atoms with Crippen LogP contribution in [0.1, 0.15) is 38.2 Å². The number of hydrogen-bond donors (Lipinski definition) is 2. The average Bonchev–Trinajstić information content (AvgIpc) is 2.49. The molecule has 126 valence electrons. The molecule has 4 nitrogen and oxygen atoms in total. The molecule has 2 amide bonds. The normalized spacial score (nSPS) is 11.8. The van der Waals surface area contributed by atoms with E-state index in [9.17, 15) is 9.59 Å². The lowest BCUT2D eigenvalue weighted by atomic mass is 10.00. The minimum absolute atomic E-state index is 0.283. The Morgan fingerprint density at radius 3 is 2.12 bits per heavy atom. The molecule has 0 bridgehead atoms. The van der Waals surface area contributed by atoms with E-state index in [1.165, 1.54) is 5.56 Å². The minimum Gasteiger partial charge on any atom is -0.368 e. The van der Waals surface area contributed by atoms with Crippen molar-refractivity contribution in [3.8, 4) is 0 Å². The number of benzene rings is 2. The number of carbonyl (C=O) groups excluding carboxylic acids is 2. The Morgan fingerprint density at radius 2 is 1.58 bits per heavy atom. The number of rotatable bonds is 5. The molecule has 0 aliphatic rings. The maximum absolute atomic E-state index is 12.5. The quantitative estimate of drug-likeness (QED) is 0.887. The molecule has 0 saturated carbocycles. The molecule has 1 atom stereocenters. The van der Waals surface area contributed by atoms with E-state index < -0.39 is 11.9 Å². The van der Waals surface area contributed by atoms with Crippen LogP contribution in [-0.4, -0.2) is 17.9 Å². The van der Waals surface area contributed by atoms with Gasteiger partial charge in [0.05, 0.1) is 0 Å². The Labute approximate surface area is 143 Å². The van der Waals surface area contributed by atoms with Crippen LogP contribution in [0.15, 0.2) is 36.4 Å². The molecule has 2 aromatic carbocycles. The number of aryl methyl sites for hydroxylation is 4. The lowest BCUT2D eigenvalue weighted by molar-refractivity contribution is -0.119. The topological polar surface area (TPSA) is 72.2 Å². The summed E-state index contributed by atoms with van der Waals surface area (Å²) in [6, 6.07) is 10.9. The van der Waals surface area contributed by atoms with Crippen LogP contribution in [-0.2, 0) is 11.2 Å². The van der Waals surface area contributed by atoms with Gasteiger partial charge in [-0.05, 0) is 56.5 Å². The van der Waals surface area contributed by atoms with E-state index in [0.717, 1.165) is 22.3 Å². The molecule has 0 aliphatic heterocycles. The Kier molecular flexibility index (Phi) is 5.39. The lowest BCUT2D eigenvalue weighted by Crippen LogP contribution is -2.45. The van der Waals surface area contributed by atoms with Crippen molar-refractivity contribution in [3.63, 3.8) is 0 Å². The summed E-state index contributed by atoms with van der Waals surface area (Å²) in [6.07, 6.45) is 0.382. The van der Waals surface area contributed by atoms with Crippen molar-refractivity contribution < 1.29 is 9.59 Å². The number of nitrogens with one attached hydrogen (secondary N) is 1. The summed E-state index contributed by atoms with van der Waals surface area (Å²) in [7, 11) is 0. The van der Waals surface area contributed by atoms with Crippen LogP contribution < -0.4 is 11.1 Å². The van der Waals surface area contributed by atoms with Crippen LogP contribution in [0, 0.1) is 27.7 Å². The van der Waals surface area contributed by atoms with E-state index in [1.807, 2.05) is 52.0 Å². The number of hydrogen-bond acceptors (Lipinski definition) is 2. The summed E-state index contributed by atoms with van der Waals surface area (Å²) in [5.74, 6) is -0.819. The van der Waals surface area contributed by atoms with Crippen molar-refractivity contribution in [1.29, 1.82) is 0 Å². The number of amides is 2. The summed E-state index contributed by atoms with van der Waals surface area (Å²) in [6.45, 7) is 7.92. The van der Waals surface area contributed by atoms with Gasteiger partial charge in [0.2, 0.25) is 5.91 Å². The average molecular weight is 324 g/mol. The molecule has 2 rings (SSSR count). The molecule has 4 heteroatoms. The zero-order valence-electron chi connectivity index (χ0n) is 14.6. The second-order valence-corrected chi connectivity index (χ2v) is 6.43. The van der Waals surface area contributed by atoms with E-state index in [1.54, 1.807) is 12.1 Å². The lowest BCUT2D eigenvalue weighted by Gasteiger charge is -2.17. The number of carbonyl (C=O) groups is 2. The summed E-state index contributed by atoms with van der Waals surface area (Å²) in [5, 5.41) is 2.76. The largest absolute Gasteiger partial charge is 0.368 e. The predicted octanol–water partition coefficient (Wildman–Crippen LogP) is 2.75. The van der Waals surface area contributed by atoms with Crippen LogP contribution >= 0.6 is 0 Å². The third-order valence-electron chi connectivity index (χ3n) is 4.14. The van der Waals surface area contributed by atoms with Crippen molar-refractivity contribution in [3.05, 3.63) is 69.8 Å². The van der Waals surface area contributed by atoms with Gasteiger partial charge in [0.1, 0.15) is 6.04 Å². The highest BCUT2D eigenvalue weighted by Gasteiger charge is 2.20. The van der Waals surface area contributed by atoms with Crippen LogP contribution in [0.4, 0.5) is 0 Å². The van der Waals surface area contributed by atoms with Gasteiger partial charge in [0, 0.05) is 12.0 Å². The van der Waals surface area contributed by atoms with Gasteiger partial charge < -0.3 is 11.1 Å². The van der Waals surface area contributed by atoms with Crippen LogP contribution in [0.2, 0.25) is 0 Å². The maximum Gasteiger partial charge on any atom is 0.251 e. The van der Waals surface area contributed by atoms with Gasteiger partial charge in [-0.1, -0.05) is 35.4 Å². The molecule has 0 saturated heterocycles. The molecule has 0 heterocycles. The van der Waals surface area contributed by atoms with Gasteiger partial charge in [-0.2, -0.15) is 0 Å². The van der Waals surface area contributed by atoms with E-state index in [2.05, 4.69) is 5.32 Å². The fourth-order valence-electron chi connectivity index (χ4n) is 2.74. The summed E-state index contributed by atoms with van der Waals surface area (Å²) in [5.41, 5.74) is 11.3. The predicted molar refractivity (Wildman–Crippen MR) is 96.0 cm³/mol. The molecular formula is C20H24N2O2. The fourth-order valence-corrected chi connectivity index (χ4v) is 2.74. The molecule has 0 unspecified atom stereocenters. The van der Waals surface area contributed by atoms with Crippen molar-refractivity contribution in [2.24, 2.45) is 5.73 Å². The molecule has 0 aliphatic carbocycles. The highest BCUT2D eigenvalue weighted by Crippen LogP contribution is 2.13. The first-order chi connectivity index (χ1) is 11.3. The van der Waals surface area contributed by atoms with Crippen LogP contribution in [0.5, 0.6) is 0 Å². The monoisotopic (exact) mass is 324 g/mol. The second kappa shape index (κ2) is 7.30. The van der Waals surface area contributed by atoms with Crippen molar-refractivity contribution >= 4 is 11.8 Å². The molecule has 24 heavy (non-hydrogen) atoms. The van der Waals surface area contributed by atoms with Crippen molar-refractivity contribution in [2.45, 2.75) is 40.2 Å². The summed E-state index contributed by atoms with van der Waals surface area (Å²) >= 11 is 0. The van der Waals surface area contributed by atoms with Gasteiger partial charge in [-0.25, -0.2) is 0 Å². The van der Waals surface area contributed by atoms with Gasteiger partial charge in [-0.15, -0.1) is 0 Å². The number of primary amides is 1. The second-order valence-electron chi connectivity index (χ2n) is 6.43. The first kappa shape index (κ1) is 17.7. The summed E-state index contributed by atoms with van der Waals surface area (Å²) < 4.78 is 0. The molecule has 0 fully saturated rings. The SMILES string of the molecule is Cc1cc(C)cc(C(=O)N[C@H](Cc2ccc(C)c(C)c2)C(N)=O)c1. The van der Waals surface area contributed by atoms with Gasteiger partial charge in [0.25, 0.3) is 5.91 Å². The minimum atomic E-state index is -0.736. The van der Waals surface area contributed by atoms with E-state index in [-0.39, 0.29) is 5.91 Å². The first-order valence-corrected chi connectivity index (χ1v) is 8.01. The summed E-state index contributed by atoms with van der Waals surface area (Å²) in [4.78, 5) is 24.2. The maximum atomic E-state index is 12.5. The van der Waals surface area contributed by atoms with Crippen LogP contribution in [0.25, 0.3) is 0 Å². The van der Waals surface area contributed by atoms with E-state index in [0.29, 0.717) is 12.0 Å². The van der Waals surface area contributed by atoms with Gasteiger partial charge in [0.15, 0.2) is 0 Å². The standard InChI is InChI=1S/C20H24N2O2/c1-12-7-13(2)9-17(8-12)20(24)22-18(19(21)23)11-16-6-5-14(3)15(4)10-16/h5-10,18H,11H2,1-4H3,(H2,21,23)(H,22,24)/t18-/m1/s1. The highest BCUT2D eigenvalue weighted by atomic mass is 16.2. The molecule has 3 N–H and O–H groups in total. The molecule has 0 aromatic heterocycles. The van der Waals surface area contributed by atoms with Crippen molar-refractivity contribution in [1.82, 2.24) is 5.32 Å². The Morgan fingerprint density at radius 1 is 0.958 bits per heavy atom. The Bertz CT molecular complexity index is 761. The molecular weight excluding hydrogens is 300 g/mol. The smallest absolute Gasteiger partial charge is 0.251 e. The van der Waals surface area contributed by atoms with E-state index >= 15 is 0 Å². The Balaban J connectivity index is 2.17. The van der Waals surface area contributed by atoms with Crippen LogP contribution in [0.3, 0.4) is 0 Å². The third-order valence-corrected chi connectivity index (χ3v) is 4.14. The van der Waals surface area contributed by atoms with Gasteiger partial charge >= 0.3 is 0 Å². The Hall–Kier alpha value is -2.62. The first-order valence-electron chi connectivity index (χ1n) is 8.01. The van der Waals surface area contributed by atoms with Gasteiger partial charge in [-0.3, -0.25) is 9.59 Å². The fraction of sp³-hybridized carbons (Fsp3) is 0.300. The van der Waals surface area contributed by atoms with Crippen molar-refractivity contribution in [2.75, 3.05) is 0 Å². The third kappa shape index (κ3) is 4.44. The number of nitrogens with two attached hydrogens (primary N) is 1. The zero-order chi connectivity index (χ0) is 17.9. The molecule has 2 aromatic rings.